The SMILES string of the molecule is Cc1nc(C(=O)N2[C@@H]3CCC[C@H]2c2nn(C)c(-c4cc(F)cc(F)c4)c2C3)nn1-c1ccccc1. The van der Waals surface area contributed by atoms with Gasteiger partial charge in [0.05, 0.1) is 23.1 Å². The number of aryl methyl sites for hydroxylation is 2. The van der Waals surface area contributed by atoms with Gasteiger partial charge in [0, 0.05) is 30.3 Å². The Morgan fingerprint density at radius 3 is 2.51 bits per heavy atom. The molecule has 2 aromatic heterocycles. The Kier molecular flexibility index (Phi) is 5.01. The first-order valence-corrected chi connectivity index (χ1v) is 11.7. The van der Waals surface area contributed by atoms with Gasteiger partial charge >= 0.3 is 0 Å². The molecule has 0 saturated carbocycles. The van der Waals surface area contributed by atoms with Gasteiger partial charge in [0.2, 0.25) is 5.82 Å². The number of hydrogen-bond donors (Lipinski definition) is 0. The fraction of sp³-hybridized carbons (Fsp3) is 0.308. The lowest BCUT2D eigenvalue weighted by atomic mass is 9.81. The molecule has 2 aliphatic heterocycles. The lowest BCUT2D eigenvalue weighted by molar-refractivity contribution is 0.0379. The van der Waals surface area contributed by atoms with E-state index in [1.807, 2.05) is 42.2 Å². The van der Waals surface area contributed by atoms with Crippen LogP contribution in [0.3, 0.4) is 0 Å². The van der Waals surface area contributed by atoms with Crippen LogP contribution in [0.25, 0.3) is 16.9 Å². The minimum Gasteiger partial charge on any atom is -0.324 e. The van der Waals surface area contributed by atoms with Crippen LogP contribution in [0.1, 0.15) is 53.0 Å². The number of benzene rings is 2. The summed E-state index contributed by atoms with van der Waals surface area (Å²) < 4.78 is 31.3. The molecule has 4 heterocycles. The molecule has 0 N–H and O–H groups in total. The lowest BCUT2D eigenvalue weighted by Gasteiger charge is -2.44. The standard InChI is InChI=1S/C26H24F2N6O/c1-15-29-25(31-34(15)19-7-4-3-5-8-19)26(35)33-20-9-6-10-22(33)23-21(14-20)24(32(2)30-23)16-11-17(27)13-18(28)12-16/h3-5,7-8,11-13,20,22H,6,9-10,14H2,1-2H3/t20-,22+/m1/s1. The minimum atomic E-state index is -0.627. The number of nitrogens with zero attached hydrogens (tertiary/aromatic N) is 6. The minimum absolute atomic E-state index is 0.0564. The van der Waals surface area contributed by atoms with Crippen molar-refractivity contribution in [2.24, 2.45) is 7.05 Å². The van der Waals surface area contributed by atoms with Gasteiger partial charge in [-0.25, -0.2) is 18.4 Å². The van der Waals surface area contributed by atoms with E-state index in [-0.39, 0.29) is 23.8 Å². The van der Waals surface area contributed by atoms with Crippen LogP contribution in [0.15, 0.2) is 48.5 Å². The lowest BCUT2D eigenvalue weighted by Crippen LogP contribution is -2.50. The van der Waals surface area contributed by atoms with Crippen molar-refractivity contribution in [1.82, 2.24) is 29.4 Å². The number of para-hydroxylation sites is 1. The number of aromatic nitrogens is 5. The van der Waals surface area contributed by atoms with Crippen LogP contribution in [0.2, 0.25) is 0 Å². The highest BCUT2D eigenvalue weighted by Crippen LogP contribution is 2.45. The van der Waals surface area contributed by atoms with Crippen molar-refractivity contribution in [2.45, 2.75) is 44.7 Å². The van der Waals surface area contributed by atoms with E-state index in [0.29, 0.717) is 23.5 Å². The third-order valence-corrected chi connectivity index (χ3v) is 7.01. The number of amides is 1. The number of carbonyl (C=O) groups excluding carboxylic acids is 1. The van der Waals surface area contributed by atoms with E-state index in [1.54, 1.807) is 16.4 Å². The van der Waals surface area contributed by atoms with Crippen molar-refractivity contribution < 1.29 is 13.6 Å². The largest absolute Gasteiger partial charge is 0.324 e. The summed E-state index contributed by atoms with van der Waals surface area (Å²) in [5.74, 6) is -0.672. The number of halogens is 2. The first-order valence-electron chi connectivity index (χ1n) is 11.7. The zero-order chi connectivity index (χ0) is 24.3. The van der Waals surface area contributed by atoms with Gasteiger partial charge in [-0.05, 0) is 56.9 Å². The third kappa shape index (κ3) is 3.53. The average molecular weight is 475 g/mol. The Morgan fingerprint density at radius 2 is 1.77 bits per heavy atom. The maximum atomic E-state index is 14.0. The van der Waals surface area contributed by atoms with Crippen LogP contribution >= 0.6 is 0 Å². The molecular formula is C26H24F2N6O. The molecule has 2 aliphatic rings. The molecule has 1 fully saturated rings. The number of fused-ring (bicyclic) bond motifs is 4. The van der Waals surface area contributed by atoms with Gasteiger partial charge < -0.3 is 4.90 Å². The number of carbonyl (C=O) groups is 1. The van der Waals surface area contributed by atoms with Gasteiger partial charge in [0.25, 0.3) is 5.91 Å². The summed E-state index contributed by atoms with van der Waals surface area (Å²) in [6, 6.07) is 12.8. The predicted molar refractivity (Wildman–Crippen MR) is 125 cm³/mol. The van der Waals surface area contributed by atoms with Crippen LogP contribution in [0, 0.1) is 18.6 Å². The highest BCUT2D eigenvalue weighted by molar-refractivity contribution is 5.91. The van der Waals surface area contributed by atoms with Crippen LogP contribution < -0.4 is 0 Å². The van der Waals surface area contributed by atoms with Crippen molar-refractivity contribution in [2.75, 3.05) is 0 Å². The van der Waals surface area contributed by atoms with Crippen LogP contribution in [-0.4, -0.2) is 41.4 Å². The zero-order valence-electron chi connectivity index (χ0n) is 19.4. The molecular weight excluding hydrogens is 450 g/mol. The molecule has 7 nitrogen and oxygen atoms in total. The molecule has 178 valence electrons. The van der Waals surface area contributed by atoms with Gasteiger partial charge in [-0.3, -0.25) is 9.48 Å². The first kappa shape index (κ1) is 21.6. The van der Waals surface area contributed by atoms with E-state index in [0.717, 1.165) is 42.3 Å². The van der Waals surface area contributed by atoms with E-state index in [2.05, 4.69) is 10.1 Å². The fourth-order valence-electron chi connectivity index (χ4n) is 5.61. The van der Waals surface area contributed by atoms with E-state index in [4.69, 9.17) is 5.10 Å². The summed E-state index contributed by atoms with van der Waals surface area (Å²) in [5.41, 5.74) is 3.74. The van der Waals surface area contributed by atoms with Crippen molar-refractivity contribution in [3.05, 3.63) is 83.1 Å². The summed E-state index contributed by atoms with van der Waals surface area (Å²) in [6.07, 6.45) is 3.15. The second-order valence-electron chi connectivity index (χ2n) is 9.24. The second kappa shape index (κ2) is 8.11. The molecule has 35 heavy (non-hydrogen) atoms. The van der Waals surface area contributed by atoms with E-state index in [1.165, 1.54) is 12.1 Å². The second-order valence-corrected chi connectivity index (χ2v) is 9.24. The molecule has 2 bridgehead atoms. The molecule has 0 radical (unpaired) electrons. The molecule has 1 amide bonds. The average Bonchev–Trinajstić information content (AvgIpc) is 3.37. The molecule has 0 unspecified atom stereocenters. The summed E-state index contributed by atoms with van der Waals surface area (Å²) in [4.78, 5) is 20.1. The smallest absolute Gasteiger partial charge is 0.294 e. The van der Waals surface area contributed by atoms with Gasteiger partial charge in [-0.2, -0.15) is 5.10 Å². The van der Waals surface area contributed by atoms with Crippen molar-refractivity contribution in [3.63, 3.8) is 0 Å². The van der Waals surface area contributed by atoms with Crippen LogP contribution in [-0.2, 0) is 13.5 Å². The van der Waals surface area contributed by atoms with Crippen molar-refractivity contribution >= 4 is 5.91 Å². The summed E-state index contributed by atoms with van der Waals surface area (Å²) in [7, 11) is 1.78. The molecule has 2 atom stereocenters. The Morgan fingerprint density at radius 1 is 1.03 bits per heavy atom. The topological polar surface area (TPSA) is 68.8 Å². The molecule has 6 rings (SSSR count). The van der Waals surface area contributed by atoms with Crippen LogP contribution in [0.5, 0.6) is 0 Å². The quantitative estimate of drug-likeness (QED) is 0.437. The first-order chi connectivity index (χ1) is 16.9. The Labute approximate surface area is 201 Å². The maximum Gasteiger partial charge on any atom is 0.294 e. The molecule has 2 aromatic carbocycles. The summed E-state index contributed by atoms with van der Waals surface area (Å²) in [5, 5.41) is 9.27. The molecule has 0 aliphatic carbocycles. The Bertz CT molecular complexity index is 1420. The molecule has 4 aromatic rings. The maximum absolute atomic E-state index is 14.0. The third-order valence-electron chi connectivity index (χ3n) is 7.01. The van der Waals surface area contributed by atoms with Gasteiger partial charge in [0.15, 0.2) is 0 Å². The van der Waals surface area contributed by atoms with Gasteiger partial charge in [0.1, 0.15) is 17.5 Å². The summed E-state index contributed by atoms with van der Waals surface area (Å²) in [6.45, 7) is 1.83. The fourth-order valence-corrected chi connectivity index (χ4v) is 5.61. The Balaban J connectivity index is 1.39. The molecule has 9 heteroatoms. The molecule has 0 spiro atoms. The molecule has 1 saturated heterocycles. The van der Waals surface area contributed by atoms with E-state index >= 15 is 0 Å². The predicted octanol–water partition coefficient (Wildman–Crippen LogP) is 4.55. The monoisotopic (exact) mass is 474 g/mol. The van der Waals surface area contributed by atoms with Crippen molar-refractivity contribution in [1.29, 1.82) is 0 Å². The zero-order valence-corrected chi connectivity index (χ0v) is 19.4. The highest BCUT2D eigenvalue weighted by Gasteiger charge is 2.44. The summed E-state index contributed by atoms with van der Waals surface area (Å²) >= 11 is 0. The van der Waals surface area contributed by atoms with Crippen LogP contribution in [0.4, 0.5) is 8.78 Å². The number of rotatable bonds is 3. The van der Waals surface area contributed by atoms with Gasteiger partial charge in [-0.1, -0.05) is 18.2 Å². The van der Waals surface area contributed by atoms with E-state index < -0.39 is 11.6 Å². The Hall–Kier alpha value is -3.88. The van der Waals surface area contributed by atoms with Gasteiger partial charge in [-0.15, -0.1) is 5.10 Å². The highest BCUT2D eigenvalue weighted by atomic mass is 19.1. The number of hydrogen-bond acceptors (Lipinski definition) is 4. The van der Waals surface area contributed by atoms with Crippen molar-refractivity contribution in [3.8, 4) is 16.9 Å². The van der Waals surface area contributed by atoms with E-state index in [9.17, 15) is 13.6 Å². The number of piperidine rings is 1. The normalized spacial score (nSPS) is 19.0.